The van der Waals surface area contributed by atoms with Crippen molar-refractivity contribution in [2.45, 2.75) is 31.7 Å². The Balaban J connectivity index is 1.81. The van der Waals surface area contributed by atoms with E-state index < -0.39 is 0 Å². The fourth-order valence-corrected chi connectivity index (χ4v) is 4.31. The van der Waals surface area contributed by atoms with Gasteiger partial charge in [-0.2, -0.15) is 0 Å². The molecule has 0 saturated heterocycles. The first kappa shape index (κ1) is 8.34. The van der Waals surface area contributed by atoms with Gasteiger partial charge in [0.1, 0.15) is 4.83 Å². The summed E-state index contributed by atoms with van der Waals surface area (Å²) >= 11 is 1.76. The maximum atomic E-state index is 4.49. The summed E-state index contributed by atoms with van der Waals surface area (Å²) in [6, 6.07) is 2.97. The van der Waals surface area contributed by atoms with Crippen molar-refractivity contribution in [3.05, 3.63) is 17.8 Å². The van der Waals surface area contributed by atoms with Crippen LogP contribution in [-0.2, 0) is 0 Å². The zero-order chi connectivity index (χ0) is 9.83. The molecule has 15 heavy (non-hydrogen) atoms. The van der Waals surface area contributed by atoms with Crippen molar-refractivity contribution < 1.29 is 0 Å². The van der Waals surface area contributed by atoms with E-state index in [2.05, 4.69) is 27.3 Å². The van der Waals surface area contributed by atoms with Gasteiger partial charge in [0, 0.05) is 6.04 Å². The SMILES string of the molecule is c1cc2c(ncn2[C@H]2CC3CCC2C3)s1. The van der Waals surface area contributed by atoms with E-state index in [0.717, 1.165) is 17.9 Å². The third kappa shape index (κ3) is 1.07. The fourth-order valence-electron chi connectivity index (χ4n) is 3.58. The lowest BCUT2D eigenvalue weighted by Gasteiger charge is -2.23. The average Bonchev–Trinajstić information content (AvgIpc) is 2.97. The van der Waals surface area contributed by atoms with Crippen LogP contribution in [0.25, 0.3) is 10.3 Å². The molecule has 2 nitrogen and oxygen atoms in total. The number of thiophene rings is 1. The summed E-state index contributed by atoms with van der Waals surface area (Å²) in [5.74, 6) is 1.95. The molecule has 78 valence electrons. The summed E-state index contributed by atoms with van der Waals surface area (Å²) in [5.41, 5.74) is 1.36. The predicted molar refractivity (Wildman–Crippen MR) is 62.1 cm³/mol. The zero-order valence-corrected chi connectivity index (χ0v) is 9.41. The normalized spacial score (nSPS) is 34.3. The van der Waals surface area contributed by atoms with Crippen LogP contribution in [-0.4, -0.2) is 9.55 Å². The smallest absolute Gasteiger partial charge is 0.141 e. The lowest BCUT2D eigenvalue weighted by Crippen LogP contribution is -2.14. The summed E-state index contributed by atoms with van der Waals surface area (Å²) in [7, 11) is 0. The van der Waals surface area contributed by atoms with Crippen molar-refractivity contribution in [3.8, 4) is 0 Å². The molecule has 2 aliphatic rings. The van der Waals surface area contributed by atoms with E-state index in [4.69, 9.17) is 0 Å². The molecule has 3 heteroatoms. The Hall–Kier alpha value is -0.830. The Morgan fingerprint density at radius 1 is 1.33 bits per heavy atom. The number of nitrogens with zero attached hydrogens (tertiary/aromatic N) is 2. The van der Waals surface area contributed by atoms with Crippen LogP contribution in [0, 0.1) is 11.8 Å². The number of aromatic nitrogens is 2. The molecular formula is C12H14N2S. The van der Waals surface area contributed by atoms with Gasteiger partial charge >= 0.3 is 0 Å². The summed E-state index contributed by atoms with van der Waals surface area (Å²) in [5, 5.41) is 2.15. The number of imidazole rings is 1. The Morgan fingerprint density at radius 2 is 2.33 bits per heavy atom. The minimum atomic E-state index is 0.753. The van der Waals surface area contributed by atoms with Crippen LogP contribution in [0.5, 0.6) is 0 Å². The molecule has 4 rings (SSSR count). The maximum absolute atomic E-state index is 4.49. The second-order valence-corrected chi connectivity index (χ2v) is 5.90. The second kappa shape index (κ2) is 2.85. The molecule has 3 atom stereocenters. The molecule has 2 aliphatic carbocycles. The highest BCUT2D eigenvalue weighted by atomic mass is 32.1. The van der Waals surface area contributed by atoms with Crippen LogP contribution in [0.1, 0.15) is 31.7 Å². The fraction of sp³-hybridized carbons (Fsp3) is 0.583. The molecular weight excluding hydrogens is 204 g/mol. The Kier molecular flexibility index (Phi) is 1.58. The lowest BCUT2D eigenvalue weighted by atomic mass is 9.95. The van der Waals surface area contributed by atoms with E-state index in [9.17, 15) is 0 Å². The van der Waals surface area contributed by atoms with Crippen molar-refractivity contribution in [3.63, 3.8) is 0 Å². The molecule has 0 spiro atoms. The molecule has 2 bridgehead atoms. The van der Waals surface area contributed by atoms with Gasteiger partial charge in [0.15, 0.2) is 0 Å². The van der Waals surface area contributed by atoms with Gasteiger partial charge in [-0.1, -0.05) is 6.42 Å². The van der Waals surface area contributed by atoms with Crippen molar-refractivity contribution in [1.29, 1.82) is 0 Å². The molecule has 0 amide bonds. The number of hydrogen-bond acceptors (Lipinski definition) is 2. The highest BCUT2D eigenvalue weighted by Gasteiger charge is 2.40. The van der Waals surface area contributed by atoms with Crippen molar-refractivity contribution >= 4 is 21.7 Å². The zero-order valence-electron chi connectivity index (χ0n) is 8.60. The van der Waals surface area contributed by atoms with Gasteiger partial charge in [0.25, 0.3) is 0 Å². The molecule has 0 N–H and O–H groups in total. The first-order valence-corrected chi connectivity index (χ1v) is 6.70. The van der Waals surface area contributed by atoms with Crippen molar-refractivity contribution in [1.82, 2.24) is 9.55 Å². The van der Waals surface area contributed by atoms with Crippen LogP contribution in [0.4, 0.5) is 0 Å². The molecule has 2 aromatic rings. The van der Waals surface area contributed by atoms with Gasteiger partial charge in [0.2, 0.25) is 0 Å². The standard InChI is InChI=1S/C12H14N2S/c1-2-9-5-8(1)6-11(9)14-7-13-12-10(14)3-4-15-12/h3-4,7-9,11H,1-2,5-6H2/t8?,9?,11-/m0/s1. The number of fused-ring (bicyclic) bond motifs is 3. The van der Waals surface area contributed by atoms with Gasteiger partial charge in [0.05, 0.1) is 11.8 Å². The van der Waals surface area contributed by atoms with E-state index in [-0.39, 0.29) is 0 Å². The van der Waals surface area contributed by atoms with E-state index in [1.165, 1.54) is 36.0 Å². The highest BCUT2D eigenvalue weighted by Crippen LogP contribution is 2.51. The monoisotopic (exact) mass is 218 g/mol. The van der Waals surface area contributed by atoms with Crippen LogP contribution < -0.4 is 0 Å². The van der Waals surface area contributed by atoms with E-state index in [0.29, 0.717) is 0 Å². The Labute approximate surface area is 92.9 Å². The second-order valence-electron chi connectivity index (χ2n) is 5.01. The third-order valence-electron chi connectivity index (χ3n) is 4.26. The maximum Gasteiger partial charge on any atom is 0.141 e. The molecule has 2 saturated carbocycles. The van der Waals surface area contributed by atoms with Crippen LogP contribution >= 0.6 is 11.3 Å². The lowest BCUT2D eigenvalue weighted by molar-refractivity contribution is 0.336. The molecule has 2 unspecified atom stereocenters. The molecule has 2 aromatic heterocycles. The topological polar surface area (TPSA) is 17.8 Å². The van der Waals surface area contributed by atoms with Gasteiger partial charge < -0.3 is 4.57 Å². The van der Waals surface area contributed by atoms with E-state index in [1.54, 1.807) is 11.3 Å². The Morgan fingerprint density at radius 3 is 3.13 bits per heavy atom. The summed E-state index contributed by atoms with van der Waals surface area (Å²) in [6.07, 6.45) is 7.84. The quantitative estimate of drug-likeness (QED) is 0.716. The number of hydrogen-bond donors (Lipinski definition) is 0. The summed E-state index contributed by atoms with van der Waals surface area (Å²) in [4.78, 5) is 5.69. The summed E-state index contributed by atoms with van der Waals surface area (Å²) in [6.45, 7) is 0. The van der Waals surface area contributed by atoms with Crippen molar-refractivity contribution in [2.24, 2.45) is 11.8 Å². The van der Waals surface area contributed by atoms with Crippen molar-refractivity contribution in [2.75, 3.05) is 0 Å². The van der Waals surface area contributed by atoms with Gasteiger partial charge in [-0.25, -0.2) is 4.98 Å². The first-order chi connectivity index (χ1) is 7.42. The van der Waals surface area contributed by atoms with E-state index >= 15 is 0 Å². The number of rotatable bonds is 1. The summed E-state index contributed by atoms with van der Waals surface area (Å²) < 4.78 is 2.44. The van der Waals surface area contributed by atoms with Crippen LogP contribution in [0.15, 0.2) is 17.8 Å². The molecule has 0 aliphatic heterocycles. The molecule has 2 heterocycles. The average molecular weight is 218 g/mol. The largest absolute Gasteiger partial charge is 0.326 e. The molecule has 0 aromatic carbocycles. The molecule has 0 radical (unpaired) electrons. The van der Waals surface area contributed by atoms with Gasteiger partial charge in [-0.05, 0) is 42.5 Å². The Bertz CT molecular complexity index is 498. The van der Waals surface area contributed by atoms with E-state index in [1.807, 2.05) is 0 Å². The highest BCUT2D eigenvalue weighted by molar-refractivity contribution is 7.16. The van der Waals surface area contributed by atoms with Gasteiger partial charge in [-0.3, -0.25) is 0 Å². The van der Waals surface area contributed by atoms with Crippen LogP contribution in [0.3, 0.4) is 0 Å². The predicted octanol–water partition coefficient (Wildman–Crippen LogP) is 3.46. The van der Waals surface area contributed by atoms with Gasteiger partial charge in [-0.15, -0.1) is 11.3 Å². The third-order valence-corrected chi connectivity index (χ3v) is 5.07. The van der Waals surface area contributed by atoms with Crippen LogP contribution in [0.2, 0.25) is 0 Å². The minimum absolute atomic E-state index is 0.753. The molecule has 2 fully saturated rings. The first-order valence-electron chi connectivity index (χ1n) is 5.82. The minimum Gasteiger partial charge on any atom is -0.326 e.